The van der Waals surface area contributed by atoms with Crippen molar-refractivity contribution in [2.24, 2.45) is 0 Å². The molecular weight excluding hydrogens is 226 g/mol. The van der Waals surface area contributed by atoms with Gasteiger partial charge in [0.1, 0.15) is 6.29 Å². The summed E-state index contributed by atoms with van der Waals surface area (Å²) >= 11 is 0. The van der Waals surface area contributed by atoms with Crippen LogP contribution >= 0.6 is 0 Å². The first-order chi connectivity index (χ1) is 8.55. The van der Waals surface area contributed by atoms with Gasteiger partial charge in [-0.15, -0.1) is 0 Å². The maximum Gasteiger partial charge on any atom is 0.150 e. The number of benzene rings is 1. The second-order valence-corrected chi connectivity index (χ2v) is 5.16. The fourth-order valence-electron chi connectivity index (χ4n) is 1.96. The molecule has 0 fully saturated rings. The van der Waals surface area contributed by atoms with Gasteiger partial charge in [0.25, 0.3) is 0 Å². The van der Waals surface area contributed by atoms with Crippen LogP contribution in [-0.4, -0.2) is 23.6 Å². The van der Waals surface area contributed by atoms with Crippen molar-refractivity contribution in [3.8, 4) is 0 Å². The Morgan fingerprint density at radius 3 is 2.78 bits per heavy atom. The van der Waals surface area contributed by atoms with Crippen molar-refractivity contribution in [3.05, 3.63) is 36.0 Å². The fraction of sp³-hybridized carbons (Fsp3) is 0.400. The Bertz CT molecular complexity index is 555. The SMILES string of the molecule is COC(C)(C)CCn1ccc2ccc(C=O)cc21. The Morgan fingerprint density at radius 1 is 1.33 bits per heavy atom. The number of carbonyl (C=O) groups excluding carboxylic acids is 1. The molecule has 1 aromatic carbocycles. The number of ether oxygens (including phenoxy) is 1. The third-order valence-corrected chi connectivity index (χ3v) is 3.44. The van der Waals surface area contributed by atoms with E-state index in [4.69, 9.17) is 4.74 Å². The molecule has 0 N–H and O–H groups in total. The lowest BCUT2D eigenvalue weighted by Crippen LogP contribution is -2.24. The molecule has 0 unspecified atom stereocenters. The zero-order chi connectivity index (χ0) is 13.2. The molecule has 96 valence electrons. The van der Waals surface area contributed by atoms with Crippen LogP contribution in [0, 0.1) is 0 Å². The standard InChI is InChI=1S/C15H19NO2/c1-15(2,18-3)7-9-16-8-6-13-5-4-12(11-17)10-14(13)16/h4-6,8,10-11H,7,9H2,1-3H3. The number of rotatable bonds is 5. The molecule has 0 bridgehead atoms. The molecule has 2 rings (SSSR count). The Balaban J connectivity index is 2.25. The first-order valence-electron chi connectivity index (χ1n) is 6.15. The fourth-order valence-corrected chi connectivity index (χ4v) is 1.96. The molecule has 3 heteroatoms. The quantitative estimate of drug-likeness (QED) is 0.757. The molecule has 2 aromatic rings. The van der Waals surface area contributed by atoms with Gasteiger partial charge in [0.2, 0.25) is 0 Å². The topological polar surface area (TPSA) is 31.2 Å². The number of aldehydes is 1. The summed E-state index contributed by atoms with van der Waals surface area (Å²) < 4.78 is 7.59. The summed E-state index contributed by atoms with van der Waals surface area (Å²) in [6.07, 6.45) is 3.87. The van der Waals surface area contributed by atoms with Crippen molar-refractivity contribution in [3.63, 3.8) is 0 Å². The van der Waals surface area contributed by atoms with Crippen molar-refractivity contribution in [1.82, 2.24) is 4.57 Å². The van der Waals surface area contributed by atoms with E-state index in [-0.39, 0.29) is 5.60 Å². The maximum atomic E-state index is 10.8. The van der Waals surface area contributed by atoms with Gasteiger partial charge in [-0.3, -0.25) is 4.79 Å². The molecule has 0 spiro atoms. The molecule has 0 saturated carbocycles. The van der Waals surface area contributed by atoms with E-state index in [1.165, 1.54) is 0 Å². The number of methoxy groups -OCH3 is 1. The predicted molar refractivity (Wildman–Crippen MR) is 73.0 cm³/mol. The summed E-state index contributed by atoms with van der Waals surface area (Å²) in [7, 11) is 1.73. The normalized spacial score (nSPS) is 11.9. The van der Waals surface area contributed by atoms with Gasteiger partial charge in [-0.2, -0.15) is 0 Å². The number of nitrogens with zero attached hydrogens (tertiary/aromatic N) is 1. The third kappa shape index (κ3) is 2.62. The second kappa shape index (κ2) is 4.94. The van der Waals surface area contributed by atoms with Crippen LogP contribution in [0.5, 0.6) is 0 Å². The first-order valence-corrected chi connectivity index (χ1v) is 6.15. The largest absolute Gasteiger partial charge is 0.379 e. The van der Waals surface area contributed by atoms with Crippen LogP contribution in [0.2, 0.25) is 0 Å². The van der Waals surface area contributed by atoms with Gasteiger partial charge < -0.3 is 9.30 Å². The summed E-state index contributed by atoms with van der Waals surface area (Å²) in [5, 5.41) is 1.16. The van der Waals surface area contributed by atoms with Crippen molar-refractivity contribution in [2.45, 2.75) is 32.4 Å². The zero-order valence-corrected chi connectivity index (χ0v) is 11.1. The Kier molecular flexibility index (Phi) is 3.53. The highest BCUT2D eigenvalue weighted by Crippen LogP contribution is 2.20. The van der Waals surface area contributed by atoms with Crippen LogP contribution in [0.3, 0.4) is 0 Å². The van der Waals surface area contributed by atoms with Crippen molar-refractivity contribution < 1.29 is 9.53 Å². The molecule has 0 atom stereocenters. The molecule has 3 nitrogen and oxygen atoms in total. The molecule has 0 aliphatic carbocycles. The average Bonchev–Trinajstić information content (AvgIpc) is 2.78. The summed E-state index contributed by atoms with van der Waals surface area (Å²) in [6, 6.07) is 7.83. The number of carbonyl (C=O) groups is 1. The summed E-state index contributed by atoms with van der Waals surface area (Å²) in [6.45, 7) is 5.04. The molecular formula is C15H19NO2. The van der Waals surface area contributed by atoms with Gasteiger partial charge in [0, 0.05) is 30.9 Å². The van der Waals surface area contributed by atoms with Crippen LogP contribution in [0.1, 0.15) is 30.6 Å². The van der Waals surface area contributed by atoms with Crippen molar-refractivity contribution in [2.75, 3.05) is 7.11 Å². The molecule has 0 aliphatic rings. The van der Waals surface area contributed by atoms with Gasteiger partial charge in [-0.05, 0) is 37.8 Å². The lowest BCUT2D eigenvalue weighted by molar-refractivity contribution is 0.0123. The van der Waals surface area contributed by atoms with Crippen LogP contribution in [0.25, 0.3) is 10.9 Å². The van der Waals surface area contributed by atoms with Gasteiger partial charge in [-0.25, -0.2) is 0 Å². The molecule has 1 aromatic heterocycles. The van der Waals surface area contributed by atoms with E-state index in [1.807, 2.05) is 18.2 Å². The molecule has 0 radical (unpaired) electrons. The Hall–Kier alpha value is -1.61. The maximum absolute atomic E-state index is 10.8. The highest BCUT2D eigenvalue weighted by atomic mass is 16.5. The molecule has 1 heterocycles. The van der Waals surface area contributed by atoms with Gasteiger partial charge in [0.15, 0.2) is 0 Å². The van der Waals surface area contributed by atoms with Crippen molar-refractivity contribution >= 4 is 17.2 Å². The summed E-state index contributed by atoms with van der Waals surface area (Å²) in [5.41, 5.74) is 1.69. The minimum Gasteiger partial charge on any atom is -0.379 e. The average molecular weight is 245 g/mol. The van der Waals surface area contributed by atoms with Gasteiger partial charge >= 0.3 is 0 Å². The predicted octanol–water partition coefficient (Wildman–Crippen LogP) is 3.27. The first kappa shape index (κ1) is 12.8. The van der Waals surface area contributed by atoms with E-state index < -0.39 is 0 Å². The van der Waals surface area contributed by atoms with E-state index in [1.54, 1.807) is 7.11 Å². The minimum atomic E-state index is -0.126. The lowest BCUT2D eigenvalue weighted by atomic mass is 10.1. The van der Waals surface area contributed by atoms with Gasteiger partial charge in [-0.1, -0.05) is 12.1 Å². The van der Waals surface area contributed by atoms with E-state index in [0.29, 0.717) is 5.56 Å². The van der Waals surface area contributed by atoms with E-state index >= 15 is 0 Å². The number of hydrogen-bond acceptors (Lipinski definition) is 2. The minimum absolute atomic E-state index is 0.126. The number of fused-ring (bicyclic) bond motifs is 1. The third-order valence-electron chi connectivity index (χ3n) is 3.44. The molecule has 0 amide bonds. The highest BCUT2D eigenvalue weighted by molar-refractivity contribution is 5.87. The lowest BCUT2D eigenvalue weighted by Gasteiger charge is -2.23. The second-order valence-electron chi connectivity index (χ2n) is 5.16. The smallest absolute Gasteiger partial charge is 0.150 e. The Labute approximate surface area is 107 Å². The van der Waals surface area contributed by atoms with Crippen LogP contribution in [0.15, 0.2) is 30.5 Å². The summed E-state index contributed by atoms with van der Waals surface area (Å²) in [5.74, 6) is 0. The van der Waals surface area contributed by atoms with Crippen molar-refractivity contribution in [1.29, 1.82) is 0 Å². The Morgan fingerprint density at radius 2 is 2.11 bits per heavy atom. The number of aryl methyl sites for hydroxylation is 1. The van der Waals surface area contributed by atoms with E-state index in [0.717, 1.165) is 30.2 Å². The van der Waals surface area contributed by atoms with E-state index in [2.05, 4.69) is 30.7 Å². The zero-order valence-electron chi connectivity index (χ0n) is 11.1. The highest BCUT2D eigenvalue weighted by Gasteiger charge is 2.16. The van der Waals surface area contributed by atoms with Crippen LogP contribution in [-0.2, 0) is 11.3 Å². The molecule has 0 aliphatic heterocycles. The van der Waals surface area contributed by atoms with Crippen LogP contribution < -0.4 is 0 Å². The molecule has 0 saturated heterocycles. The molecule has 18 heavy (non-hydrogen) atoms. The van der Waals surface area contributed by atoms with Crippen LogP contribution in [0.4, 0.5) is 0 Å². The summed E-state index contributed by atoms with van der Waals surface area (Å²) in [4.78, 5) is 10.8. The van der Waals surface area contributed by atoms with E-state index in [9.17, 15) is 4.79 Å². The number of aromatic nitrogens is 1. The number of hydrogen-bond donors (Lipinski definition) is 0. The monoisotopic (exact) mass is 245 g/mol. The van der Waals surface area contributed by atoms with Gasteiger partial charge in [0.05, 0.1) is 5.60 Å².